The Labute approximate surface area is 138 Å². The highest BCUT2D eigenvalue weighted by Crippen LogP contribution is 2.34. The molecule has 2 bridgehead atoms. The zero-order chi connectivity index (χ0) is 15.8. The van der Waals surface area contributed by atoms with E-state index in [0.29, 0.717) is 12.0 Å². The summed E-state index contributed by atoms with van der Waals surface area (Å²) in [6.45, 7) is 6.86. The highest BCUT2D eigenvalue weighted by Gasteiger charge is 2.41. The Bertz CT molecular complexity index is 672. The van der Waals surface area contributed by atoms with Gasteiger partial charge in [0.05, 0.1) is 0 Å². The molecule has 3 aliphatic rings. The maximum atomic E-state index is 6.26. The molecule has 3 heteroatoms. The molecular formula is C20H24N2O. The molecule has 120 valence electrons. The Morgan fingerprint density at radius 1 is 1.09 bits per heavy atom. The van der Waals surface area contributed by atoms with E-state index in [1.54, 1.807) is 0 Å². The van der Waals surface area contributed by atoms with Crippen LogP contribution in [0.1, 0.15) is 25.3 Å². The number of ether oxygens (including phenoxy) is 1. The van der Waals surface area contributed by atoms with E-state index in [9.17, 15) is 0 Å². The molecule has 2 atom stereocenters. The predicted molar refractivity (Wildman–Crippen MR) is 92.6 cm³/mol. The number of piperidine rings is 3. The SMILES string of the molecule is Cc1cccc(-c2ccc(OC3C4CCN(CC4)C3C)nc2)c1. The second-order valence-electron chi connectivity index (χ2n) is 6.95. The first-order valence-electron chi connectivity index (χ1n) is 8.64. The maximum absolute atomic E-state index is 6.26. The van der Waals surface area contributed by atoms with Crippen molar-refractivity contribution in [2.45, 2.75) is 38.8 Å². The summed E-state index contributed by atoms with van der Waals surface area (Å²) in [7, 11) is 0. The van der Waals surface area contributed by atoms with Gasteiger partial charge in [-0.1, -0.05) is 29.8 Å². The first-order chi connectivity index (χ1) is 11.2. The molecule has 3 nitrogen and oxygen atoms in total. The molecule has 5 rings (SSSR count). The number of hydrogen-bond donors (Lipinski definition) is 0. The van der Waals surface area contributed by atoms with Crippen LogP contribution in [0.2, 0.25) is 0 Å². The van der Waals surface area contributed by atoms with Gasteiger partial charge in [0.25, 0.3) is 0 Å². The fraction of sp³-hybridized carbons (Fsp3) is 0.450. The Balaban J connectivity index is 1.50. The minimum atomic E-state index is 0.287. The van der Waals surface area contributed by atoms with Crippen LogP contribution in [0.15, 0.2) is 42.6 Å². The van der Waals surface area contributed by atoms with E-state index in [1.807, 2.05) is 12.3 Å². The lowest BCUT2D eigenvalue weighted by Gasteiger charge is -2.49. The number of fused-ring (bicyclic) bond motifs is 3. The van der Waals surface area contributed by atoms with Crippen LogP contribution in [-0.2, 0) is 0 Å². The van der Waals surface area contributed by atoms with E-state index >= 15 is 0 Å². The summed E-state index contributed by atoms with van der Waals surface area (Å²) in [5, 5.41) is 0. The second-order valence-corrected chi connectivity index (χ2v) is 6.95. The van der Waals surface area contributed by atoms with E-state index in [1.165, 1.54) is 37.1 Å². The number of aryl methyl sites for hydroxylation is 1. The molecule has 3 saturated heterocycles. The molecule has 1 aromatic carbocycles. The van der Waals surface area contributed by atoms with Crippen molar-refractivity contribution in [2.24, 2.45) is 5.92 Å². The summed E-state index contributed by atoms with van der Waals surface area (Å²) in [5.41, 5.74) is 3.62. The van der Waals surface area contributed by atoms with Gasteiger partial charge in [0.15, 0.2) is 0 Å². The molecule has 0 radical (unpaired) electrons. The van der Waals surface area contributed by atoms with Gasteiger partial charge in [-0.25, -0.2) is 4.98 Å². The van der Waals surface area contributed by atoms with Crippen LogP contribution in [0.4, 0.5) is 0 Å². The van der Waals surface area contributed by atoms with E-state index in [-0.39, 0.29) is 6.10 Å². The monoisotopic (exact) mass is 308 g/mol. The molecule has 2 unspecified atom stereocenters. The van der Waals surface area contributed by atoms with E-state index in [2.05, 4.69) is 54.1 Å². The lowest BCUT2D eigenvalue weighted by atomic mass is 9.81. The largest absolute Gasteiger partial charge is 0.472 e. The Morgan fingerprint density at radius 2 is 1.91 bits per heavy atom. The van der Waals surface area contributed by atoms with Gasteiger partial charge in [-0.2, -0.15) is 0 Å². The van der Waals surface area contributed by atoms with Crippen molar-refractivity contribution in [1.82, 2.24) is 9.88 Å². The lowest BCUT2D eigenvalue weighted by Crippen LogP contribution is -2.58. The van der Waals surface area contributed by atoms with Crippen molar-refractivity contribution >= 4 is 0 Å². The predicted octanol–water partition coefficient (Wildman–Crippen LogP) is 3.92. The number of benzene rings is 1. The van der Waals surface area contributed by atoms with Crippen LogP contribution in [0.5, 0.6) is 5.88 Å². The van der Waals surface area contributed by atoms with Gasteiger partial charge in [0.2, 0.25) is 5.88 Å². The van der Waals surface area contributed by atoms with E-state index in [4.69, 9.17) is 4.74 Å². The van der Waals surface area contributed by atoms with Gasteiger partial charge in [0, 0.05) is 23.9 Å². The third kappa shape index (κ3) is 2.86. The molecule has 3 fully saturated rings. The number of nitrogens with zero attached hydrogens (tertiary/aromatic N) is 2. The van der Waals surface area contributed by atoms with Gasteiger partial charge in [0.1, 0.15) is 6.10 Å². The third-order valence-electron chi connectivity index (χ3n) is 5.43. The minimum Gasteiger partial charge on any atom is -0.472 e. The first kappa shape index (κ1) is 14.7. The highest BCUT2D eigenvalue weighted by molar-refractivity contribution is 5.63. The fourth-order valence-electron chi connectivity index (χ4n) is 4.04. The molecule has 0 saturated carbocycles. The summed E-state index contributed by atoms with van der Waals surface area (Å²) in [6.07, 6.45) is 4.73. The van der Waals surface area contributed by atoms with Gasteiger partial charge >= 0.3 is 0 Å². The smallest absolute Gasteiger partial charge is 0.213 e. The van der Waals surface area contributed by atoms with Crippen molar-refractivity contribution in [1.29, 1.82) is 0 Å². The average Bonchev–Trinajstić information content (AvgIpc) is 2.59. The van der Waals surface area contributed by atoms with Crippen molar-refractivity contribution in [3.63, 3.8) is 0 Å². The Hall–Kier alpha value is -1.87. The molecule has 2 aromatic rings. The van der Waals surface area contributed by atoms with E-state index < -0.39 is 0 Å². The normalized spacial score (nSPS) is 29.5. The second kappa shape index (κ2) is 5.97. The molecule has 23 heavy (non-hydrogen) atoms. The third-order valence-corrected chi connectivity index (χ3v) is 5.43. The maximum Gasteiger partial charge on any atom is 0.213 e. The molecule has 0 aliphatic carbocycles. The van der Waals surface area contributed by atoms with Crippen LogP contribution in [-0.4, -0.2) is 35.1 Å². The molecule has 0 spiro atoms. The zero-order valence-electron chi connectivity index (χ0n) is 13.9. The molecule has 3 aliphatic heterocycles. The van der Waals surface area contributed by atoms with Gasteiger partial charge in [-0.05, 0) is 57.3 Å². The van der Waals surface area contributed by atoms with Crippen molar-refractivity contribution in [2.75, 3.05) is 13.1 Å². The summed E-state index contributed by atoms with van der Waals surface area (Å²) in [4.78, 5) is 7.10. The summed E-state index contributed by atoms with van der Waals surface area (Å²) < 4.78 is 6.26. The van der Waals surface area contributed by atoms with Crippen LogP contribution in [0.3, 0.4) is 0 Å². The van der Waals surface area contributed by atoms with Crippen molar-refractivity contribution < 1.29 is 4.74 Å². The summed E-state index contributed by atoms with van der Waals surface area (Å²) in [6, 6.07) is 13.1. The molecule has 0 amide bonds. The van der Waals surface area contributed by atoms with Crippen LogP contribution < -0.4 is 4.74 Å². The molecule has 0 N–H and O–H groups in total. The van der Waals surface area contributed by atoms with Crippen LogP contribution in [0.25, 0.3) is 11.1 Å². The molecule has 1 aromatic heterocycles. The highest BCUT2D eigenvalue weighted by atomic mass is 16.5. The van der Waals surface area contributed by atoms with Crippen LogP contribution >= 0.6 is 0 Å². The topological polar surface area (TPSA) is 25.4 Å². The summed E-state index contributed by atoms with van der Waals surface area (Å²) >= 11 is 0. The minimum absolute atomic E-state index is 0.287. The van der Waals surface area contributed by atoms with Gasteiger partial charge < -0.3 is 4.74 Å². The first-order valence-corrected chi connectivity index (χ1v) is 8.64. The fourth-order valence-corrected chi connectivity index (χ4v) is 4.04. The number of aromatic nitrogens is 1. The van der Waals surface area contributed by atoms with E-state index in [0.717, 1.165) is 11.4 Å². The molecular weight excluding hydrogens is 284 g/mol. The number of pyridine rings is 1. The van der Waals surface area contributed by atoms with Gasteiger partial charge in [-0.15, -0.1) is 0 Å². The number of rotatable bonds is 3. The van der Waals surface area contributed by atoms with Crippen molar-refractivity contribution in [3.05, 3.63) is 48.2 Å². The van der Waals surface area contributed by atoms with Crippen molar-refractivity contribution in [3.8, 4) is 17.0 Å². The zero-order valence-corrected chi connectivity index (χ0v) is 13.9. The quantitative estimate of drug-likeness (QED) is 0.859. The standard InChI is InChI=1S/C20H24N2O/c1-14-4-3-5-17(12-14)18-6-7-19(21-13-18)23-20-15(2)22-10-8-16(20)9-11-22/h3-7,12-13,15-16,20H,8-11H2,1-2H3. The summed E-state index contributed by atoms with van der Waals surface area (Å²) in [5.74, 6) is 1.44. The Morgan fingerprint density at radius 3 is 2.57 bits per heavy atom. The van der Waals surface area contributed by atoms with Crippen LogP contribution in [0, 0.1) is 12.8 Å². The van der Waals surface area contributed by atoms with Gasteiger partial charge in [-0.3, -0.25) is 4.90 Å². The Kier molecular flexibility index (Phi) is 3.82. The lowest BCUT2D eigenvalue weighted by molar-refractivity contribution is -0.0525. The average molecular weight is 308 g/mol. The molecule has 4 heterocycles. The number of hydrogen-bond acceptors (Lipinski definition) is 3.